The van der Waals surface area contributed by atoms with Crippen molar-refractivity contribution in [2.24, 2.45) is 0 Å². The molecule has 0 bridgehead atoms. The van der Waals surface area contributed by atoms with E-state index in [1.54, 1.807) is 18.2 Å². The fraction of sp³-hybridized carbons (Fsp3) is 0.219. The number of methoxy groups -OCH3 is 6. The van der Waals surface area contributed by atoms with Crippen molar-refractivity contribution in [3.8, 4) is 34.5 Å². The van der Waals surface area contributed by atoms with Gasteiger partial charge >= 0.3 is 0 Å². The summed E-state index contributed by atoms with van der Waals surface area (Å²) in [6.07, 6.45) is 0. The number of benzene rings is 4. The number of carbonyl (C=O) groups excluding carboxylic acids is 1. The van der Waals surface area contributed by atoms with Gasteiger partial charge in [-0.15, -0.1) is 0 Å². The lowest BCUT2D eigenvalue weighted by Crippen LogP contribution is -2.38. The van der Waals surface area contributed by atoms with Crippen LogP contribution < -0.4 is 42.8 Å². The summed E-state index contributed by atoms with van der Waals surface area (Å²) in [6, 6.07) is 18.5. The van der Waals surface area contributed by atoms with Crippen molar-refractivity contribution < 1.29 is 50.1 Å². The lowest BCUT2D eigenvalue weighted by atomic mass is 10.2. The molecular weight excluding hydrogens is 666 g/mol. The van der Waals surface area contributed by atoms with Gasteiger partial charge in [0, 0.05) is 23.9 Å². The highest BCUT2D eigenvalue weighted by molar-refractivity contribution is 7.93. The summed E-state index contributed by atoms with van der Waals surface area (Å²) in [7, 11) is -0.0899. The molecule has 0 fully saturated rings. The Morgan fingerprint density at radius 2 is 1.15 bits per heavy atom. The number of nitrogens with zero attached hydrogens (tertiary/aromatic N) is 1. The Balaban J connectivity index is 1.63. The molecular formula is C32H35N3O11S2. The molecule has 16 heteroatoms. The zero-order chi connectivity index (χ0) is 35.1. The highest BCUT2D eigenvalue weighted by atomic mass is 32.2. The van der Waals surface area contributed by atoms with Crippen LogP contribution in [-0.2, 0) is 24.8 Å². The first-order valence-corrected chi connectivity index (χ1v) is 16.9. The summed E-state index contributed by atoms with van der Waals surface area (Å²) in [4.78, 5) is 13.1. The van der Waals surface area contributed by atoms with Gasteiger partial charge in [-0.1, -0.05) is 0 Å². The van der Waals surface area contributed by atoms with Crippen LogP contribution in [0.2, 0.25) is 0 Å². The molecule has 0 saturated heterocycles. The predicted octanol–water partition coefficient (Wildman–Crippen LogP) is 4.37. The van der Waals surface area contributed by atoms with Gasteiger partial charge in [0.2, 0.25) is 5.91 Å². The number of sulfonamides is 2. The normalized spacial score (nSPS) is 11.2. The number of rotatable bonds is 15. The second kappa shape index (κ2) is 15.0. The first kappa shape index (κ1) is 35.5. The van der Waals surface area contributed by atoms with E-state index in [0.29, 0.717) is 17.2 Å². The summed E-state index contributed by atoms with van der Waals surface area (Å²) in [5, 5.41) is 2.62. The third-order valence-corrected chi connectivity index (χ3v) is 10.1. The number of hydrogen-bond donors (Lipinski definition) is 2. The number of hydrogen-bond acceptors (Lipinski definition) is 11. The molecule has 0 atom stereocenters. The molecule has 4 aromatic rings. The smallest absolute Gasteiger partial charge is 0.265 e. The largest absolute Gasteiger partial charge is 0.497 e. The minimum Gasteiger partial charge on any atom is -0.497 e. The van der Waals surface area contributed by atoms with Gasteiger partial charge < -0.3 is 33.7 Å². The third-order valence-electron chi connectivity index (χ3n) is 6.98. The standard InChI is InChI=1S/C32H35N3O11S2/c1-41-22-9-14-28(43-3)26(17-22)34-47(37,38)24-11-7-21(8-12-24)33-32(36)20-35(27-18-23(42-2)10-15-29(27)44-4)48(39,40)25-13-16-30(45-5)31(19-25)46-6/h7-19,34H,20H2,1-6H3,(H,33,36). The van der Waals surface area contributed by atoms with Crippen LogP contribution in [0.1, 0.15) is 0 Å². The zero-order valence-corrected chi connectivity index (χ0v) is 28.6. The van der Waals surface area contributed by atoms with E-state index < -0.39 is 32.5 Å². The minimum atomic E-state index is -4.43. The number of ether oxygens (including phenoxy) is 6. The molecule has 4 aromatic carbocycles. The van der Waals surface area contributed by atoms with Crippen molar-refractivity contribution in [3.63, 3.8) is 0 Å². The van der Waals surface area contributed by atoms with E-state index in [4.69, 9.17) is 28.4 Å². The van der Waals surface area contributed by atoms with Crippen LogP contribution in [0, 0.1) is 0 Å². The molecule has 0 unspecified atom stereocenters. The highest BCUT2D eigenvalue weighted by Gasteiger charge is 2.31. The van der Waals surface area contributed by atoms with E-state index in [1.807, 2.05) is 0 Å². The average molecular weight is 702 g/mol. The van der Waals surface area contributed by atoms with Gasteiger partial charge in [-0.25, -0.2) is 16.8 Å². The van der Waals surface area contributed by atoms with E-state index in [9.17, 15) is 21.6 Å². The molecule has 48 heavy (non-hydrogen) atoms. The topological polar surface area (TPSA) is 168 Å². The second-order valence-electron chi connectivity index (χ2n) is 9.81. The van der Waals surface area contributed by atoms with Gasteiger partial charge in [0.05, 0.1) is 63.8 Å². The first-order valence-electron chi connectivity index (χ1n) is 14.0. The molecule has 4 rings (SSSR count). The van der Waals surface area contributed by atoms with Crippen LogP contribution >= 0.6 is 0 Å². The Kier molecular flexibility index (Phi) is 11.1. The van der Waals surface area contributed by atoms with Crippen molar-refractivity contribution >= 4 is 43.0 Å². The number of carbonyl (C=O) groups is 1. The van der Waals surface area contributed by atoms with Crippen molar-refractivity contribution in [2.45, 2.75) is 9.79 Å². The Morgan fingerprint density at radius 3 is 1.73 bits per heavy atom. The highest BCUT2D eigenvalue weighted by Crippen LogP contribution is 2.38. The summed E-state index contributed by atoms with van der Waals surface area (Å²) in [5.41, 5.74) is 0.402. The van der Waals surface area contributed by atoms with Gasteiger partial charge in [0.25, 0.3) is 20.0 Å². The molecule has 1 amide bonds. The fourth-order valence-electron chi connectivity index (χ4n) is 4.54. The molecule has 0 radical (unpaired) electrons. The van der Waals surface area contributed by atoms with Gasteiger partial charge in [0.1, 0.15) is 29.5 Å². The van der Waals surface area contributed by atoms with E-state index in [-0.39, 0.29) is 44.1 Å². The van der Waals surface area contributed by atoms with Crippen molar-refractivity contribution in [2.75, 3.05) is 63.5 Å². The predicted molar refractivity (Wildman–Crippen MR) is 179 cm³/mol. The fourth-order valence-corrected chi connectivity index (χ4v) is 7.04. The lowest BCUT2D eigenvalue weighted by Gasteiger charge is -2.26. The summed E-state index contributed by atoms with van der Waals surface area (Å²) in [5.74, 6) is 0.902. The number of amides is 1. The van der Waals surface area contributed by atoms with Crippen molar-refractivity contribution in [1.82, 2.24) is 0 Å². The minimum absolute atomic E-state index is 0.0299. The zero-order valence-electron chi connectivity index (χ0n) is 27.0. The maximum Gasteiger partial charge on any atom is 0.265 e. The molecule has 0 aromatic heterocycles. The van der Waals surface area contributed by atoms with Crippen molar-refractivity contribution in [1.29, 1.82) is 0 Å². The third kappa shape index (κ3) is 7.78. The molecule has 2 N–H and O–H groups in total. The summed E-state index contributed by atoms with van der Waals surface area (Å²) in [6.45, 7) is -0.697. The Hall–Kier alpha value is -5.35. The van der Waals surface area contributed by atoms with Gasteiger partial charge in [-0.05, 0) is 60.7 Å². The van der Waals surface area contributed by atoms with Crippen LogP contribution in [0.25, 0.3) is 0 Å². The Bertz CT molecular complexity index is 1990. The Labute approximate surface area is 279 Å². The van der Waals surface area contributed by atoms with Crippen LogP contribution in [0.3, 0.4) is 0 Å². The van der Waals surface area contributed by atoms with Gasteiger partial charge in [0.15, 0.2) is 11.5 Å². The lowest BCUT2D eigenvalue weighted by molar-refractivity contribution is -0.114. The molecule has 0 spiro atoms. The quantitative estimate of drug-likeness (QED) is 0.181. The van der Waals surface area contributed by atoms with Crippen LogP contribution in [0.4, 0.5) is 17.1 Å². The van der Waals surface area contributed by atoms with E-state index in [1.165, 1.54) is 103 Å². The Morgan fingerprint density at radius 1 is 0.604 bits per heavy atom. The number of anilines is 3. The molecule has 256 valence electrons. The maximum absolute atomic E-state index is 14.1. The molecule has 0 aliphatic carbocycles. The van der Waals surface area contributed by atoms with Crippen molar-refractivity contribution in [3.05, 3.63) is 78.9 Å². The van der Waals surface area contributed by atoms with Gasteiger partial charge in [-0.2, -0.15) is 0 Å². The molecule has 0 saturated carbocycles. The van der Waals surface area contributed by atoms with E-state index in [0.717, 1.165) is 4.31 Å². The van der Waals surface area contributed by atoms with Crippen LogP contribution in [0.5, 0.6) is 34.5 Å². The summed E-state index contributed by atoms with van der Waals surface area (Å²) >= 11 is 0. The molecule has 0 aliphatic rings. The first-order chi connectivity index (χ1) is 22.9. The van der Waals surface area contributed by atoms with E-state index >= 15 is 0 Å². The van der Waals surface area contributed by atoms with E-state index in [2.05, 4.69) is 10.0 Å². The van der Waals surface area contributed by atoms with Crippen LogP contribution in [-0.4, -0.2) is 71.9 Å². The number of nitrogens with one attached hydrogen (secondary N) is 2. The monoisotopic (exact) mass is 701 g/mol. The summed E-state index contributed by atoms with van der Waals surface area (Å²) < 4.78 is 89.6. The van der Waals surface area contributed by atoms with Gasteiger partial charge in [-0.3, -0.25) is 13.8 Å². The SMILES string of the molecule is COc1ccc(OC)c(NS(=O)(=O)c2ccc(NC(=O)CN(c3cc(OC)ccc3OC)S(=O)(=O)c3ccc(OC)c(OC)c3)cc2)c1. The molecule has 0 heterocycles. The molecule has 14 nitrogen and oxygen atoms in total. The second-order valence-corrected chi connectivity index (χ2v) is 13.4. The maximum atomic E-state index is 14.1. The average Bonchev–Trinajstić information content (AvgIpc) is 3.09. The molecule has 0 aliphatic heterocycles. The van der Waals surface area contributed by atoms with Crippen LogP contribution in [0.15, 0.2) is 88.7 Å².